The van der Waals surface area contributed by atoms with Gasteiger partial charge in [0.1, 0.15) is 24.2 Å². The molecule has 2 saturated heterocycles. The summed E-state index contributed by atoms with van der Waals surface area (Å²) in [6.07, 6.45) is 6.32. The molecule has 5 rings (SSSR count). The van der Waals surface area contributed by atoms with Crippen molar-refractivity contribution in [3.05, 3.63) is 65.2 Å². The largest absolute Gasteiger partial charge is 0.489 e. The van der Waals surface area contributed by atoms with Crippen LogP contribution in [-0.4, -0.2) is 57.0 Å². The third-order valence-corrected chi connectivity index (χ3v) is 6.58. The molecular weight excluding hydrogens is 470 g/mol. The van der Waals surface area contributed by atoms with Gasteiger partial charge in [-0.1, -0.05) is 23.7 Å². The van der Waals surface area contributed by atoms with Gasteiger partial charge in [0.2, 0.25) is 0 Å². The Bertz CT molecular complexity index is 1230. The molecule has 35 heavy (non-hydrogen) atoms. The molecule has 0 aliphatic carbocycles. The summed E-state index contributed by atoms with van der Waals surface area (Å²) in [5.41, 5.74) is 2.82. The van der Waals surface area contributed by atoms with E-state index in [2.05, 4.69) is 15.4 Å². The van der Waals surface area contributed by atoms with Crippen molar-refractivity contribution < 1.29 is 19.1 Å². The fourth-order valence-electron chi connectivity index (χ4n) is 4.38. The number of carbonyl (C=O) groups excluding carboxylic acids is 2. The number of hydrogen-bond donors (Lipinski definition) is 1. The number of fused-ring (bicyclic) bond motifs is 1. The highest BCUT2D eigenvalue weighted by Crippen LogP contribution is 2.33. The third kappa shape index (κ3) is 5.09. The molecule has 0 radical (unpaired) electrons. The number of rotatable bonds is 7. The number of aromatic nitrogens is 3. The number of cyclic esters (lactones) is 1. The Hall–Kier alpha value is -3.59. The number of nitrogens with zero attached hydrogens (tertiary/aromatic N) is 4. The van der Waals surface area contributed by atoms with E-state index < -0.39 is 0 Å². The van der Waals surface area contributed by atoms with Gasteiger partial charge in [0, 0.05) is 67.1 Å². The fourth-order valence-corrected chi connectivity index (χ4v) is 4.50. The average Bonchev–Trinajstić information content (AvgIpc) is 3.50. The molecule has 10 heteroatoms. The SMILES string of the molecule is CCn1cc(-c2cnc(C(=O)NCc3ccc(Cl)cc3)cc2O[C@H]2CCN3C(=O)OC[C@@H]3C2)cn1. The zero-order valence-corrected chi connectivity index (χ0v) is 20.1. The van der Waals surface area contributed by atoms with Gasteiger partial charge in [-0.05, 0) is 24.6 Å². The highest BCUT2D eigenvalue weighted by molar-refractivity contribution is 6.30. The van der Waals surface area contributed by atoms with Gasteiger partial charge in [-0.3, -0.25) is 14.5 Å². The second-order valence-electron chi connectivity index (χ2n) is 8.65. The molecule has 9 nitrogen and oxygen atoms in total. The number of halogens is 1. The van der Waals surface area contributed by atoms with Gasteiger partial charge < -0.3 is 19.7 Å². The lowest BCUT2D eigenvalue weighted by Gasteiger charge is -2.32. The third-order valence-electron chi connectivity index (χ3n) is 6.33. The van der Waals surface area contributed by atoms with E-state index in [4.69, 9.17) is 21.1 Å². The molecule has 2 amide bonds. The van der Waals surface area contributed by atoms with Gasteiger partial charge in [-0.25, -0.2) is 4.79 Å². The van der Waals surface area contributed by atoms with Crippen molar-refractivity contribution in [2.24, 2.45) is 0 Å². The molecule has 3 aromatic rings. The van der Waals surface area contributed by atoms with Crippen LogP contribution in [0.1, 0.15) is 35.8 Å². The first-order chi connectivity index (χ1) is 17.0. The first-order valence-electron chi connectivity index (χ1n) is 11.7. The van der Waals surface area contributed by atoms with Gasteiger partial charge >= 0.3 is 6.09 Å². The lowest BCUT2D eigenvalue weighted by molar-refractivity contribution is 0.0915. The molecule has 2 aromatic heterocycles. The van der Waals surface area contributed by atoms with Crippen LogP contribution in [0.3, 0.4) is 0 Å². The summed E-state index contributed by atoms with van der Waals surface area (Å²) in [6.45, 7) is 4.07. The lowest BCUT2D eigenvalue weighted by atomic mass is 10.0. The van der Waals surface area contributed by atoms with E-state index >= 15 is 0 Å². The molecule has 2 fully saturated rings. The highest BCUT2D eigenvalue weighted by Gasteiger charge is 2.39. The number of carbonyl (C=O) groups is 2. The van der Waals surface area contributed by atoms with E-state index in [0.717, 1.165) is 23.2 Å². The van der Waals surface area contributed by atoms with Gasteiger partial charge in [0.15, 0.2) is 0 Å². The van der Waals surface area contributed by atoms with Crippen molar-refractivity contribution in [1.82, 2.24) is 25.0 Å². The van der Waals surface area contributed by atoms with E-state index in [0.29, 0.717) is 43.3 Å². The number of nitrogens with one attached hydrogen (secondary N) is 1. The van der Waals surface area contributed by atoms with Crippen molar-refractivity contribution in [2.45, 2.75) is 45.0 Å². The van der Waals surface area contributed by atoms with Crippen LogP contribution >= 0.6 is 11.6 Å². The maximum Gasteiger partial charge on any atom is 0.410 e. The minimum Gasteiger partial charge on any atom is -0.489 e. The molecule has 0 unspecified atom stereocenters. The Labute approximate surface area is 208 Å². The van der Waals surface area contributed by atoms with Crippen LogP contribution in [0.2, 0.25) is 5.02 Å². The minimum atomic E-state index is -0.301. The molecule has 182 valence electrons. The zero-order valence-electron chi connectivity index (χ0n) is 19.3. The minimum absolute atomic E-state index is 0.0107. The number of hydrogen-bond acceptors (Lipinski definition) is 6. The number of pyridine rings is 1. The Morgan fingerprint density at radius 1 is 1.29 bits per heavy atom. The summed E-state index contributed by atoms with van der Waals surface area (Å²) < 4.78 is 13.4. The van der Waals surface area contributed by atoms with Gasteiger partial charge in [-0.2, -0.15) is 5.10 Å². The van der Waals surface area contributed by atoms with Crippen LogP contribution < -0.4 is 10.1 Å². The Kier molecular flexibility index (Phi) is 6.59. The fraction of sp³-hybridized carbons (Fsp3) is 0.360. The van der Waals surface area contributed by atoms with Crippen LogP contribution in [-0.2, 0) is 17.8 Å². The first-order valence-corrected chi connectivity index (χ1v) is 12.0. The summed E-state index contributed by atoms with van der Waals surface area (Å²) in [7, 11) is 0. The number of piperidine rings is 1. The summed E-state index contributed by atoms with van der Waals surface area (Å²) >= 11 is 5.94. The number of amides is 2. The van der Waals surface area contributed by atoms with Gasteiger partial charge in [-0.15, -0.1) is 0 Å². The molecule has 2 aliphatic heterocycles. The van der Waals surface area contributed by atoms with Gasteiger partial charge in [0.25, 0.3) is 5.91 Å². The second-order valence-corrected chi connectivity index (χ2v) is 9.08. The van der Waals surface area contributed by atoms with E-state index in [-0.39, 0.29) is 29.8 Å². The molecule has 0 spiro atoms. The van der Waals surface area contributed by atoms with Crippen LogP contribution in [0.25, 0.3) is 11.1 Å². The van der Waals surface area contributed by atoms with Crippen LogP contribution in [0.5, 0.6) is 5.75 Å². The van der Waals surface area contributed by atoms with E-state index in [1.165, 1.54) is 0 Å². The molecule has 1 aromatic carbocycles. The molecular formula is C25H26ClN5O4. The van der Waals surface area contributed by atoms with Crippen LogP contribution in [0.15, 0.2) is 48.9 Å². The number of ether oxygens (including phenoxy) is 2. The lowest BCUT2D eigenvalue weighted by Crippen LogP contribution is -2.44. The summed E-state index contributed by atoms with van der Waals surface area (Å²) in [5, 5.41) is 7.90. The molecule has 2 atom stereocenters. The van der Waals surface area contributed by atoms with Crippen LogP contribution in [0, 0.1) is 0 Å². The molecule has 0 saturated carbocycles. The molecule has 0 bridgehead atoms. The maximum absolute atomic E-state index is 12.9. The molecule has 4 heterocycles. The predicted molar refractivity (Wildman–Crippen MR) is 129 cm³/mol. The van der Waals surface area contributed by atoms with Crippen molar-refractivity contribution in [1.29, 1.82) is 0 Å². The topological polar surface area (TPSA) is 98.6 Å². The van der Waals surface area contributed by atoms with Crippen molar-refractivity contribution >= 4 is 23.6 Å². The predicted octanol–water partition coefficient (Wildman–Crippen LogP) is 3.91. The van der Waals surface area contributed by atoms with Gasteiger partial charge in [0.05, 0.1) is 12.2 Å². The summed E-state index contributed by atoms with van der Waals surface area (Å²) in [5.74, 6) is 0.265. The average molecular weight is 496 g/mol. The van der Waals surface area contributed by atoms with E-state index in [9.17, 15) is 9.59 Å². The Balaban J connectivity index is 1.36. The zero-order chi connectivity index (χ0) is 24.4. The molecule has 1 N–H and O–H groups in total. The van der Waals surface area contributed by atoms with Crippen molar-refractivity contribution in [3.63, 3.8) is 0 Å². The number of benzene rings is 1. The van der Waals surface area contributed by atoms with E-state index in [1.807, 2.05) is 29.9 Å². The quantitative estimate of drug-likeness (QED) is 0.533. The van der Waals surface area contributed by atoms with Crippen LogP contribution in [0.4, 0.5) is 4.79 Å². The Morgan fingerprint density at radius 2 is 2.11 bits per heavy atom. The summed E-state index contributed by atoms with van der Waals surface area (Å²) in [4.78, 5) is 30.9. The maximum atomic E-state index is 12.9. The van der Waals surface area contributed by atoms with E-state index in [1.54, 1.807) is 35.5 Å². The first kappa shape index (κ1) is 23.2. The monoisotopic (exact) mass is 495 g/mol. The normalized spacial score (nSPS) is 19.3. The van der Waals surface area contributed by atoms with Crippen molar-refractivity contribution in [2.75, 3.05) is 13.2 Å². The number of aryl methyl sites for hydroxylation is 1. The Morgan fingerprint density at radius 3 is 2.89 bits per heavy atom. The molecule has 2 aliphatic rings. The highest BCUT2D eigenvalue weighted by atomic mass is 35.5. The van der Waals surface area contributed by atoms with Crippen molar-refractivity contribution in [3.8, 4) is 16.9 Å². The smallest absolute Gasteiger partial charge is 0.410 e. The second kappa shape index (κ2) is 9.95. The summed E-state index contributed by atoms with van der Waals surface area (Å²) in [6, 6.07) is 8.99. The standard InChI is InChI=1S/C25H26ClN5O4/c1-2-30-14-17(12-29-30)21-13-27-22(24(32)28-11-16-3-5-18(26)6-4-16)10-23(21)35-20-7-8-31-19(9-20)15-34-25(31)33/h3-6,10,12-14,19-20H,2,7-9,11,15H2,1H3,(H,28,32)/t19-,20-/m0/s1.